The smallest absolute Gasteiger partial charge is 0.306 e. The maximum atomic E-state index is 12.7. The zero-order valence-corrected chi connectivity index (χ0v) is 34.8. The van der Waals surface area contributed by atoms with Crippen LogP contribution in [0.2, 0.25) is 0 Å². The summed E-state index contributed by atoms with van der Waals surface area (Å²) in [7, 11) is 0. The second kappa shape index (κ2) is 37.9. The molecule has 4 N–H and O–H groups in total. The van der Waals surface area contributed by atoms with Gasteiger partial charge >= 0.3 is 5.97 Å². The minimum atomic E-state index is -1.55. The summed E-state index contributed by atoms with van der Waals surface area (Å²) >= 11 is 0. The standard InChI is InChI=1S/C47H78O9/c1-3-5-7-9-11-13-15-16-17-18-19-20-21-22-23-24-25-27-29-31-33-35-37-53-39-41(40-54-47-46(52)45(51)44(50)42(38-48)56-47)55-43(49)36-34-32-30-28-26-14-12-10-8-6-4-2/h5,7,10-13,16-17,19-20,22-23,25,27,41-42,44-48,50-52H,3-4,6,8-9,14-15,18,21,24,26,28-40H2,1-2H3/b7-5-,12-10-,13-11-,17-16-,20-19-,23-22-,27-25-. The summed E-state index contributed by atoms with van der Waals surface area (Å²) in [6.07, 6.45) is 43.3. The molecule has 0 aliphatic carbocycles. The average molecular weight is 787 g/mol. The third kappa shape index (κ3) is 28.7. The fraction of sp³-hybridized carbons (Fsp3) is 0.681. The Labute approximate surface area is 339 Å². The molecule has 0 aromatic rings. The van der Waals surface area contributed by atoms with E-state index in [-0.39, 0.29) is 19.2 Å². The van der Waals surface area contributed by atoms with Gasteiger partial charge in [0.2, 0.25) is 0 Å². The first-order valence-corrected chi connectivity index (χ1v) is 21.7. The van der Waals surface area contributed by atoms with Crippen LogP contribution in [-0.4, -0.2) is 89.6 Å². The summed E-state index contributed by atoms with van der Waals surface area (Å²) in [4.78, 5) is 12.7. The van der Waals surface area contributed by atoms with Crippen molar-refractivity contribution in [3.05, 3.63) is 85.1 Å². The summed E-state index contributed by atoms with van der Waals surface area (Å²) in [6.45, 7) is 4.28. The van der Waals surface area contributed by atoms with Crippen molar-refractivity contribution in [1.82, 2.24) is 0 Å². The third-order valence-corrected chi connectivity index (χ3v) is 9.30. The molecule has 320 valence electrons. The molecular weight excluding hydrogens is 709 g/mol. The van der Waals surface area contributed by atoms with E-state index in [4.69, 9.17) is 18.9 Å². The molecular formula is C47H78O9. The van der Waals surface area contributed by atoms with Gasteiger partial charge in [0.15, 0.2) is 6.29 Å². The van der Waals surface area contributed by atoms with Crippen molar-refractivity contribution in [3.8, 4) is 0 Å². The Kier molecular flexibility index (Phi) is 34.8. The van der Waals surface area contributed by atoms with Crippen molar-refractivity contribution in [2.75, 3.05) is 26.4 Å². The number of aliphatic hydroxyl groups is 4. The number of hydrogen-bond acceptors (Lipinski definition) is 9. The van der Waals surface area contributed by atoms with Gasteiger partial charge in [-0.25, -0.2) is 0 Å². The van der Waals surface area contributed by atoms with E-state index >= 15 is 0 Å². The maximum absolute atomic E-state index is 12.7. The zero-order chi connectivity index (χ0) is 40.7. The predicted molar refractivity (Wildman–Crippen MR) is 228 cm³/mol. The number of rotatable bonds is 35. The second-order valence-electron chi connectivity index (χ2n) is 14.4. The number of hydrogen-bond donors (Lipinski definition) is 4. The molecule has 0 aromatic carbocycles. The normalized spacial score (nSPS) is 21.4. The van der Waals surface area contributed by atoms with E-state index in [1.54, 1.807) is 0 Å². The van der Waals surface area contributed by atoms with Gasteiger partial charge in [-0.1, -0.05) is 137 Å². The molecule has 0 aromatic heterocycles. The van der Waals surface area contributed by atoms with E-state index in [1.807, 2.05) is 0 Å². The molecule has 1 heterocycles. The van der Waals surface area contributed by atoms with E-state index in [0.29, 0.717) is 13.0 Å². The van der Waals surface area contributed by atoms with Gasteiger partial charge in [0, 0.05) is 13.0 Å². The minimum absolute atomic E-state index is 0.113. The number of carbonyl (C=O) groups is 1. The van der Waals surface area contributed by atoms with Crippen LogP contribution in [0.5, 0.6) is 0 Å². The average Bonchev–Trinajstić information content (AvgIpc) is 3.20. The quantitative estimate of drug-likeness (QED) is 0.0282. The van der Waals surface area contributed by atoms with Gasteiger partial charge < -0.3 is 39.4 Å². The highest BCUT2D eigenvalue weighted by molar-refractivity contribution is 5.69. The Morgan fingerprint density at radius 2 is 1.09 bits per heavy atom. The van der Waals surface area contributed by atoms with Gasteiger partial charge in [0.05, 0.1) is 19.8 Å². The highest BCUT2D eigenvalue weighted by atomic mass is 16.7. The highest BCUT2D eigenvalue weighted by Gasteiger charge is 2.44. The van der Waals surface area contributed by atoms with Crippen molar-refractivity contribution in [2.24, 2.45) is 0 Å². The van der Waals surface area contributed by atoms with Gasteiger partial charge in [0.1, 0.15) is 30.5 Å². The maximum Gasteiger partial charge on any atom is 0.306 e. The summed E-state index contributed by atoms with van der Waals surface area (Å²) in [5.41, 5.74) is 0. The third-order valence-electron chi connectivity index (χ3n) is 9.30. The summed E-state index contributed by atoms with van der Waals surface area (Å²) in [5.74, 6) is -0.341. The Morgan fingerprint density at radius 1 is 0.589 bits per heavy atom. The first-order valence-electron chi connectivity index (χ1n) is 21.7. The number of allylic oxidation sites excluding steroid dienone is 14. The van der Waals surface area contributed by atoms with Crippen LogP contribution in [0.25, 0.3) is 0 Å². The van der Waals surface area contributed by atoms with Crippen LogP contribution in [0, 0.1) is 0 Å². The summed E-state index contributed by atoms with van der Waals surface area (Å²) in [6, 6.07) is 0. The zero-order valence-electron chi connectivity index (χ0n) is 34.8. The van der Waals surface area contributed by atoms with E-state index in [2.05, 4.69) is 98.9 Å². The molecule has 0 radical (unpaired) electrons. The summed E-state index contributed by atoms with van der Waals surface area (Å²) in [5, 5.41) is 40.0. The Balaban J connectivity index is 2.30. The monoisotopic (exact) mass is 787 g/mol. The van der Waals surface area contributed by atoms with Crippen LogP contribution in [0.15, 0.2) is 85.1 Å². The van der Waals surface area contributed by atoms with Gasteiger partial charge in [-0.3, -0.25) is 4.79 Å². The lowest BCUT2D eigenvalue weighted by atomic mass is 9.99. The molecule has 1 aliphatic rings. The van der Waals surface area contributed by atoms with Crippen LogP contribution in [0.3, 0.4) is 0 Å². The van der Waals surface area contributed by atoms with E-state index in [9.17, 15) is 25.2 Å². The molecule has 9 nitrogen and oxygen atoms in total. The molecule has 1 saturated heterocycles. The number of ether oxygens (including phenoxy) is 4. The Bertz CT molecular complexity index is 1120. The lowest BCUT2D eigenvalue weighted by Crippen LogP contribution is -2.59. The highest BCUT2D eigenvalue weighted by Crippen LogP contribution is 2.22. The topological polar surface area (TPSA) is 135 Å². The van der Waals surface area contributed by atoms with Crippen molar-refractivity contribution in [3.63, 3.8) is 0 Å². The molecule has 0 saturated carbocycles. The van der Waals surface area contributed by atoms with Gasteiger partial charge in [-0.2, -0.15) is 0 Å². The van der Waals surface area contributed by atoms with Crippen LogP contribution in [0.1, 0.15) is 142 Å². The predicted octanol–water partition coefficient (Wildman–Crippen LogP) is 9.47. The fourth-order valence-electron chi connectivity index (χ4n) is 5.89. The molecule has 6 atom stereocenters. The lowest BCUT2D eigenvalue weighted by Gasteiger charge is -2.39. The summed E-state index contributed by atoms with van der Waals surface area (Å²) < 4.78 is 22.7. The molecule has 0 spiro atoms. The van der Waals surface area contributed by atoms with Crippen molar-refractivity contribution in [2.45, 2.75) is 179 Å². The molecule has 1 aliphatic heterocycles. The van der Waals surface area contributed by atoms with Crippen LogP contribution in [-0.2, 0) is 23.7 Å². The van der Waals surface area contributed by atoms with E-state index < -0.39 is 43.4 Å². The molecule has 0 amide bonds. The first-order chi connectivity index (χ1) is 27.4. The molecule has 0 bridgehead atoms. The molecule has 6 unspecified atom stereocenters. The van der Waals surface area contributed by atoms with E-state index in [1.165, 1.54) is 12.8 Å². The van der Waals surface area contributed by atoms with Gasteiger partial charge in [-0.15, -0.1) is 0 Å². The number of unbranched alkanes of at least 4 members (excludes halogenated alkanes) is 10. The van der Waals surface area contributed by atoms with Crippen LogP contribution >= 0.6 is 0 Å². The van der Waals surface area contributed by atoms with Gasteiger partial charge in [0.25, 0.3) is 0 Å². The molecule has 1 rings (SSSR count). The SMILES string of the molecule is CC/C=C\C/C=C\C/C=C\C/C=C\C/C=C\C/C=C\CCCCCOCC(COC1OC(CO)C(O)C(O)C1O)OC(=O)CCCCCCC/C=C\CCCC. The molecule has 1 fully saturated rings. The first kappa shape index (κ1) is 51.4. The molecule has 56 heavy (non-hydrogen) atoms. The Hall–Kier alpha value is -2.63. The van der Waals surface area contributed by atoms with Crippen molar-refractivity contribution >= 4 is 5.97 Å². The minimum Gasteiger partial charge on any atom is -0.457 e. The number of esters is 1. The lowest BCUT2D eigenvalue weighted by molar-refractivity contribution is -0.305. The number of aliphatic hydroxyl groups excluding tert-OH is 4. The van der Waals surface area contributed by atoms with Crippen LogP contribution < -0.4 is 0 Å². The van der Waals surface area contributed by atoms with Crippen LogP contribution in [0.4, 0.5) is 0 Å². The fourth-order valence-corrected chi connectivity index (χ4v) is 5.89. The number of carbonyl (C=O) groups excluding carboxylic acids is 1. The van der Waals surface area contributed by atoms with Gasteiger partial charge in [-0.05, 0) is 83.5 Å². The van der Waals surface area contributed by atoms with Crippen molar-refractivity contribution in [1.29, 1.82) is 0 Å². The second-order valence-corrected chi connectivity index (χ2v) is 14.4. The largest absolute Gasteiger partial charge is 0.457 e. The van der Waals surface area contributed by atoms with E-state index in [0.717, 1.165) is 109 Å². The Morgan fingerprint density at radius 3 is 1.66 bits per heavy atom. The van der Waals surface area contributed by atoms with Crippen molar-refractivity contribution < 1.29 is 44.2 Å². The molecule has 9 heteroatoms.